The van der Waals surface area contributed by atoms with Crippen molar-refractivity contribution in [2.45, 2.75) is 33.7 Å². The van der Waals surface area contributed by atoms with Crippen LogP contribution in [-0.4, -0.2) is 21.1 Å². The van der Waals surface area contributed by atoms with Gasteiger partial charge in [0.2, 0.25) is 5.95 Å². The highest BCUT2D eigenvalue weighted by atomic mass is 15.2. The number of aromatic nitrogens is 3. The number of rotatable bonds is 6. The Hall–Kier alpha value is -1.84. The lowest BCUT2D eigenvalue weighted by Crippen LogP contribution is -2.13. The summed E-state index contributed by atoms with van der Waals surface area (Å²) in [6, 6.07) is 4.09. The molecule has 0 aliphatic rings. The van der Waals surface area contributed by atoms with Gasteiger partial charge in [-0.15, -0.1) is 0 Å². The van der Waals surface area contributed by atoms with Gasteiger partial charge < -0.3 is 9.88 Å². The predicted molar refractivity (Wildman–Crippen MR) is 78.2 cm³/mol. The van der Waals surface area contributed by atoms with Crippen LogP contribution in [0.3, 0.4) is 0 Å². The van der Waals surface area contributed by atoms with Crippen molar-refractivity contribution in [3.63, 3.8) is 0 Å². The summed E-state index contributed by atoms with van der Waals surface area (Å²) >= 11 is 0. The second-order valence-corrected chi connectivity index (χ2v) is 5.29. The molecule has 0 spiro atoms. The fraction of sp³-hybridized carbons (Fsp3) is 0.467. The molecule has 19 heavy (non-hydrogen) atoms. The highest BCUT2D eigenvalue weighted by molar-refractivity contribution is 5.29. The van der Waals surface area contributed by atoms with Crippen LogP contribution >= 0.6 is 0 Å². The van der Waals surface area contributed by atoms with Gasteiger partial charge >= 0.3 is 0 Å². The number of nitrogens with zero attached hydrogens (tertiary/aromatic N) is 3. The van der Waals surface area contributed by atoms with E-state index < -0.39 is 0 Å². The van der Waals surface area contributed by atoms with Crippen molar-refractivity contribution >= 4 is 5.95 Å². The lowest BCUT2D eigenvalue weighted by Gasteiger charge is -2.11. The SMILES string of the molecule is Cc1cn(CCc2cccnc2)c(NCC(C)C)n1. The van der Waals surface area contributed by atoms with Crippen molar-refractivity contribution in [3.05, 3.63) is 42.0 Å². The van der Waals surface area contributed by atoms with Crippen LogP contribution in [0.1, 0.15) is 25.1 Å². The fourth-order valence-electron chi connectivity index (χ4n) is 1.95. The quantitative estimate of drug-likeness (QED) is 0.866. The van der Waals surface area contributed by atoms with Gasteiger partial charge in [-0.3, -0.25) is 4.98 Å². The van der Waals surface area contributed by atoms with Crippen LogP contribution in [0.25, 0.3) is 0 Å². The minimum atomic E-state index is 0.615. The van der Waals surface area contributed by atoms with Crippen LogP contribution in [0.15, 0.2) is 30.7 Å². The van der Waals surface area contributed by atoms with Crippen LogP contribution in [0.4, 0.5) is 5.95 Å². The van der Waals surface area contributed by atoms with E-state index in [1.54, 1.807) is 6.20 Å². The molecule has 2 aromatic heterocycles. The summed E-state index contributed by atoms with van der Waals surface area (Å²) in [7, 11) is 0. The third-order valence-electron chi connectivity index (χ3n) is 2.93. The van der Waals surface area contributed by atoms with Gasteiger partial charge in [-0.25, -0.2) is 4.98 Å². The molecule has 0 aromatic carbocycles. The van der Waals surface area contributed by atoms with Gasteiger partial charge in [0.25, 0.3) is 0 Å². The number of hydrogen-bond acceptors (Lipinski definition) is 3. The average molecular weight is 258 g/mol. The first-order chi connectivity index (χ1) is 9.15. The van der Waals surface area contributed by atoms with Crippen molar-refractivity contribution < 1.29 is 0 Å². The molecule has 0 radical (unpaired) electrons. The molecule has 0 fully saturated rings. The zero-order valence-electron chi connectivity index (χ0n) is 11.9. The summed E-state index contributed by atoms with van der Waals surface area (Å²) in [4.78, 5) is 8.67. The Bertz CT molecular complexity index is 502. The maximum absolute atomic E-state index is 4.53. The third kappa shape index (κ3) is 4.09. The average Bonchev–Trinajstić information content (AvgIpc) is 2.75. The minimum absolute atomic E-state index is 0.615. The molecule has 0 amide bonds. The molecule has 0 aliphatic carbocycles. The lowest BCUT2D eigenvalue weighted by molar-refractivity contribution is 0.660. The summed E-state index contributed by atoms with van der Waals surface area (Å²) in [5.74, 6) is 1.58. The van der Waals surface area contributed by atoms with Gasteiger partial charge in [0.15, 0.2) is 0 Å². The molecule has 2 aromatic rings. The van der Waals surface area contributed by atoms with E-state index in [2.05, 4.69) is 46.0 Å². The maximum atomic E-state index is 4.53. The molecule has 102 valence electrons. The standard InChI is InChI=1S/C15H22N4/c1-12(2)9-17-15-18-13(3)11-19(15)8-6-14-5-4-7-16-10-14/h4-5,7,10-12H,6,8-9H2,1-3H3,(H,17,18). The molecule has 1 N–H and O–H groups in total. The number of anilines is 1. The first kappa shape index (κ1) is 13.6. The van der Waals surface area contributed by atoms with Crippen LogP contribution in [-0.2, 0) is 13.0 Å². The van der Waals surface area contributed by atoms with Crippen molar-refractivity contribution in [3.8, 4) is 0 Å². The molecule has 4 nitrogen and oxygen atoms in total. The normalized spacial score (nSPS) is 10.9. The summed E-state index contributed by atoms with van der Waals surface area (Å²) in [6.07, 6.45) is 6.80. The van der Waals surface area contributed by atoms with Crippen LogP contribution < -0.4 is 5.32 Å². The number of hydrogen-bond donors (Lipinski definition) is 1. The molecule has 4 heteroatoms. The second kappa shape index (κ2) is 6.36. The Morgan fingerprint density at radius 2 is 2.21 bits per heavy atom. The Kier molecular flexibility index (Phi) is 4.55. The fourth-order valence-corrected chi connectivity index (χ4v) is 1.95. The van der Waals surface area contributed by atoms with E-state index >= 15 is 0 Å². The van der Waals surface area contributed by atoms with Gasteiger partial charge in [-0.1, -0.05) is 19.9 Å². The minimum Gasteiger partial charge on any atom is -0.355 e. The van der Waals surface area contributed by atoms with Gasteiger partial charge in [0.05, 0.1) is 5.69 Å². The molecule has 0 unspecified atom stereocenters. The molecule has 0 aliphatic heterocycles. The largest absolute Gasteiger partial charge is 0.355 e. The molecular formula is C15H22N4. The molecule has 0 saturated carbocycles. The number of nitrogens with one attached hydrogen (secondary N) is 1. The Morgan fingerprint density at radius 1 is 1.37 bits per heavy atom. The summed E-state index contributed by atoms with van der Waals surface area (Å²) < 4.78 is 2.19. The first-order valence-corrected chi connectivity index (χ1v) is 6.81. The smallest absolute Gasteiger partial charge is 0.203 e. The topological polar surface area (TPSA) is 42.7 Å². The molecule has 0 atom stereocenters. The van der Waals surface area contributed by atoms with Gasteiger partial charge in [-0.2, -0.15) is 0 Å². The molecule has 2 heterocycles. The van der Waals surface area contributed by atoms with Crippen molar-refractivity contribution in [1.82, 2.24) is 14.5 Å². The van der Waals surface area contributed by atoms with E-state index in [0.29, 0.717) is 5.92 Å². The Balaban J connectivity index is 1.99. The Labute approximate surface area is 114 Å². The van der Waals surface area contributed by atoms with E-state index in [4.69, 9.17) is 0 Å². The lowest BCUT2D eigenvalue weighted by atomic mass is 10.2. The highest BCUT2D eigenvalue weighted by Gasteiger charge is 2.06. The van der Waals surface area contributed by atoms with Crippen LogP contribution in [0, 0.1) is 12.8 Å². The first-order valence-electron chi connectivity index (χ1n) is 6.81. The predicted octanol–water partition coefficient (Wildman–Crippen LogP) is 2.90. The number of aryl methyl sites for hydroxylation is 3. The molecular weight excluding hydrogens is 236 g/mol. The Morgan fingerprint density at radius 3 is 2.89 bits per heavy atom. The van der Waals surface area contributed by atoms with Crippen LogP contribution in [0.5, 0.6) is 0 Å². The van der Waals surface area contributed by atoms with E-state index in [1.165, 1.54) is 5.56 Å². The molecule has 0 saturated heterocycles. The number of pyridine rings is 1. The summed E-state index contributed by atoms with van der Waals surface area (Å²) in [6.45, 7) is 8.29. The van der Waals surface area contributed by atoms with Crippen molar-refractivity contribution in [1.29, 1.82) is 0 Å². The van der Waals surface area contributed by atoms with Crippen LogP contribution in [0.2, 0.25) is 0 Å². The van der Waals surface area contributed by atoms with Crippen molar-refractivity contribution in [2.24, 2.45) is 5.92 Å². The van der Waals surface area contributed by atoms with Crippen molar-refractivity contribution in [2.75, 3.05) is 11.9 Å². The maximum Gasteiger partial charge on any atom is 0.203 e. The summed E-state index contributed by atoms with van der Waals surface area (Å²) in [5, 5.41) is 3.41. The van der Waals surface area contributed by atoms with Gasteiger partial charge in [0, 0.05) is 31.7 Å². The van der Waals surface area contributed by atoms with E-state index in [1.807, 2.05) is 19.2 Å². The van der Waals surface area contributed by atoms with Gasteiger partial charge in [0.1, 0.15) is 0 Å². The number of imidazole rings is 1. The zero-order valence-corrected chi connectivity index (χ0v) is 11.9. The van der Waals surface area contributed by atoms with E-state index in [0.717, 1.165) is 31.2 Å². The second-order valence-electron chi connectivity index (χ2n) is 5.29. The molecule has 0 bridgehead atoms. The monoisotopic (exact) mass is 258 g/mol. The van der Waals surface area contributed by atoms with E-state index in [9.17, 15) is 0 Å². The summed E-state index contributed by atoms with van der Waals surface area (Å²) in [5.41, 5.74) is 2.31. The zero-order chi connectivity index (χ0) is 13.7. The van der Waals surface area contributed by atoms with E-state index in [-0.39, 0.29) is 0 Å². The molecule has 2 rings (SSSR count). The van der Waals surface area contributed by atoms with Gasteiger partial charge in [-0.05, 0) is 30.9 Å². The third-order valence-corrected chi connectivity index (χ3v) is 2.93. The highest BCUT2D eigenvalue weighted by Crippen LogP contribution is 2.11.